The minimum absolute atomic E-state index is 0.0829. The monoisotopic (exact) mass is 278 g/mol. The molecular formula is C12H20F2N2O3. The molecule has 1 fully saturated rings. The van der Waals surface area contributed by atoms with Gasteiger partial charge in [-0.2, -0.15) is 0 Å². The van der Waals surface area contributed by atoms with E-state index >= 15 is 0 Å². The van der Waals surface area contributed by atoms with E-state index in [0.29, 0.717) is 19.5 Å². The number of carbonyl (C=O) groups excluding carboxylic acids is 1. The van der Waals surface area contributed by atoms with Gasteiger partial charge in [-0.15, -0.1) is 0 Å². The molecule has 0 spiro atoms. The molecule has 0 bridgehead atoms. The Morgan fingerprint density at radius 1 is 1.47 bits per heavy atom. The van der Waals surface area contributed by atoms with Gasteiger partial charge in [0.05, 0.1) is 6.54 Å². The van der Waals surface area contributed by atoms with E-state index in [1.54, 1.807) is 4.90 Å². The molecule has 1 saturated heterocycles. The molecule has 0 saturated carbocycles. The average molecular weight is 278 g/mol. The topological polar surface area (TPSA) is 60.9 Å². The summed E-state index contributed by atoms with van der Waals surface area (Å²) in [6.07, 6.45) is -0.257. The molecule has 0 aliphatic carbocycles. The van der Waals surface area contributed by atoms with Crippen molar-refractivity contribution in [3.63, 3.8) is 0 Å². The third-order valence-electron chi connectivity index (χ3n) is 3.29. The van der Waals surface area contributed by atoms with Crippen molar-refractivity contribution < 1.29 is 23.5 Å². The summed E-state index contributed by atoms with van der Waals surface area (Å²) in [6, 6.07) is -0.402. The zero-order valence-electron chi connectivity index (χ0n) is 11.0. The van der Waals surface area contributed by atoms with Crippen LogP contribution in [0.3, 0.4) is 0 Å². The van der Waals surface area contributed by atoms with E-state index in [4.69, 9.17) is 5.11 Å². The fourth-order valence-corrected chi connectivity index (χ4v) is 2.33. The highest BCUT2D eigenvalue weighted by Crippen LogP contribution is 2.21. The van der Waals surface area contributed by atoms with Gasteiger partial charge in [-0.25, -0.2) is 13.6 Å². The predicted octanol–water partition coefficient (Wildman–Crippen LogP) is 1.88. The Morgan fingerprint density at radius 3 is 2.74 bits per heavy atom. The lowest BCUT2D eigenvalue weighted by Gasteiger charge is -2.35. The molecule has 7 heteroatoms. The van der Waals surface area contributed by atoms with Gasteiger partial charge in [0.1, 0.15) is 0 Å². The van der Waals surface area contributed by atoms with Crippen molar-refractivity contribution >= 4 is 12.0 Å². The van der Waals surface area contributed by atoms with Crippen LogP contribution in [-0.2, 0) is 4.79 Å². The van der Waals surface area contributed by atoms with Gasteiger partial charge in [0.2, 0.25) is 0 Å². The zero-order valence-corrected chi connectivity index (χ0v) is 11.0. The minimum atomic E-state index is -2.54. The molecule has 1 heterocycles. The molecule has 1 N–H and O–H groups in total. The van der Waals surface area contributed by atoms with Gasteiger partial charge in [-0.1, -0.05) is 0 Å². The van der Waals surface area contributed by atoms with Gasteiger partial charge in [0, 0.05) is 26.6 Å². The number of urea groups is 1. The highest BCUT2D eigenvalue weighted by atomic mass is 19.3. The van der Waals surface area contributed by atoms with E-state index in [1.165, 1.54) is 7.05 Å². The van der Waals surface area contributed by atoms with Crippen LogP contribution in [0.2, 0.25) is 0 Å². The van der Waals surface area contributed by atoms with Crippen molar-refractivity contribution in [2.24, 2.45) is 5.92 Å². The van der Waals surface area contributed by atoms with Crippen LogP contribution in [0.1, 0.15) is 25.7 Å². The molecular weight excluding hydrogens is 258 g/mol. The quantitative estimate of drug-likeness (QED) is 0.835. The van der Waals surface area contributed by atoms with Gasteiger partial charge >= 0.3 is 12.0 Å². The van der Waals surface area contributed by atoms with Crippen molar-refractivity contribution in [2.45, 2.75) is 32.1 Å². The Hall–Kier alpha value is -1.40. The molecule has 0 aromatic heterocycles. The maximum Gasteiger partial charge on any atom is 0.319 e. The number of hydrogen-bond donors (Lipinski definition) is 1. The van der Waals surface area contributed by atoms with E-state index in [-0.39, 0.29) is 12.3 Å². The Morgan fingerprint density at radius 2 is 2.16 bits per heavy atom. The number of rotatable bonds is 5. The van der Waals surface area contributed by atoms with Gasteiger partial charge in [0.25, 0.3) is 6.43 Å². The van der Waals surface area contributed by atoms with E-state index in [9.17, 15) is 18.4 Å². The second kappa shape index (κ2) is 7.25. The fourth-order valence-electron chi connectivity index (χ4n) is 2.33. The average Bonchev–Trinajstić information content (AvgIpc) is 2.35. The maximum atomic E-state index is 12.2. The van der Waals surface area contributed by atoms with Crippen LogP contribution in [0.5, 0.6) is 0 Å². The molecule has 0 radical (unpaired) electrons. The first kappa shape index (κ1) is 15.7. The first-order valence-electron chi connectivity index (χ1n) is 6.40. The predicted molar refractivity (Wildman–Crippen MR) is 65.2 cm³/mol. The summed E-state index contributed by atoms with van der Waals surface area (Å²) >= 11 is 0. The summed E-state index contributed by atoms with van der Waals surface area (Å²) < 4.78 is 24.4. The third-order valence-corrected chi connectivity index (χ3v) is 3.29. The lowest BCUT2D eigenvalue weighted by Crippen LogP contribution is -2.47. The Kier molecular flexibility index (Phi) is 5.98. The number of amides is 2. The molecule has 5 nitrogen and oxygen atoms in total. The van der Waals surface area contributed by atoms with Crippen LogP contribution in [0.15, 0.2) is 0 Å². The summed E-state index contributed by atoms with van der Waals surface area (Å²) in [6.45, 7) is 0.435. The van der Waals surface area contributed by atoms with Crippen molar-refractivity contribution in [3.8, 4) is 0 Å². The molecule has 1 rings (SSSR count). The molecule has 19 heavy (non-hydrogen) atoms. The number of nitrogens with zero attached hydrogens (tertiary/aromatic N) is 2. The third kappa shape index (κ3) is 5.40. The number of carbonyl (C=O) groups is 2. The van der Waals surface area contributed by atoms with E-state index in [1.807, 2.05) is 0 Å². The van der Waals surface area contributed by atoms with Crippen LogP contribution in [0, 0.1) is 5.92 Å². The van der Waals surface area contributed by atoms with Crippen LogP contribution in [0.25, 0.3) is 0 Å². The second-order valence-electron chi connectivity index (χ2n) is 4.94. The van der Waals surface area contributed by atoms with Gasteiger partial charge in [-0.05, 0) is 25.2 Å². The van der Waals surface area contributed by atoms with Crippen molar-refractivity contribution in [1.82, 2.24) is 9.80 Å². The van der Waals surface area contributed by atoms with Crippen molar-refractivity contribution in [2.75, 3.05) is 26.7 Å². The van der Waals surface area contributed by atoms with Crippen LogP contribution in [-0.4, -0.2) is 60.0 Å². The number of piperidine rings is 1. The first-order chi connectivity index (χ1) is 8.90. The summed E-state index contributed by atoms with van der Waals surface area (Å²) in [5.41, 5.74) is 0. The highest BCUT2D eigenvalue weighted by molar-refractivity contribution is 5.74. The van der Waals surface area contributed by atoms with Gasteiger partial charge < -0.3 is 14.9 Å². The molecule has 1 unspecified atom stereocenters. The summed E-state index contributed by atoms with van der Waals surface area (Å²) in [4.78, 5) is 25.0. The maximum absolute atomic E-state index is 12.2. The summed E-state index contributed by atoms with van der Waals surface area (Å²) in [5.74, 6) is -0.702. The second-order valence-corrected chi connectivity index (χ2v) is 4.94. The van der Waals surface area contributed by atoms with E-state index < -0.39 is 25.0 Å². The number of halogens is 2. The smallest absolute Gasteiger partial charge is 0.319 e. The van der Waals surface area contributed by atoms with Crippen LogP contribution < -0.4 is 0 Å². The summed E-state index contributed by atoms with van der Waals surface area (Å²) in [5, 5.41) is 8.63. The van der Waals surface area contributed by atoms with Crippen molar-refractivity contribution in [1.29, 1.82) is 0 Å². The van der Waals surface area contributed by atoms with E-state index in [2.05, 4.69) is 0 Å². The lowest BCUT2D eigenvalue weighted by atomic mass is 9.93. The van der Waals surface area contributed by atoms with Crippen LogP contribution in [0.4, 0.5) is 13.6 Å². The Bertz CT molecular complexity index is 326. The number of carboxylic acid groups (broad SMARTS) is 1. The molecule has 110 valence electrons. The minimum Gasteiger partial charge on any atom is -0.481 e. The van der Waals surface area contributed by atoms with Crippen molar-refractivity contribution in [3.05, 3.63) is 0 Å². The number of hydrogen-bond acceptors (Lipinski definition) is 2. The number of likely N-dealkylation sites (tertiary alicyclic amines) is 1. The molecule has 1 aliphatic heterocycles. The fraction of sp³-hybridized carbons (Fsp3) is 0.833. The molecule has 2 amide bonds. The lowest BCUT2D eigenvalue weighted by molar-refractivity contribution is -0.137. The zero-order chi connectivity index (χ0) is 14.4. The standard InChI is InChI=1S/C12H20F2N2O3/c1-15(8-10(13)14)12(19)16-6-2-3-9(7-16)4-5-11(17)18/h9-10H,2-8H2,1H3,(H,17,18). The number of carboxylic acids is 1. The molecule has 0 aromatic carbocycles. The summed E-state index contributed by atoms with van der Waals surface area (Å²) in [7, 11) is 1.36. The number of aliphatic carboxylic acids is 1. The molecule has 1 aliphatic rings. The van der Waals surface area contributed by atoms with Gasteiger partial charge in [0.15, 0.2) is 0 Å². The van der Waals surface area contributed by atoms with Gasteiger partial charge in [-0.3, -0.25) is 4.79 Å². The van der Waals surface area contributed by atoms with Crippen LogP contribution >= 0.6 is 0 Å². The number of alkyl halides is 2. The highest BCUT2D eigenvalue weighted by Gasteiger charge is 2.26. The van der Waals surface area contributed by atoms with E-state index in [0.717, 1.165) is 17.7 Å². The first-order valence-corrected chi connectivity index (χ1v) is 6.40. The molecule has 0 aromatic rings. The normalized spacial score (nSPS) is 19.6. The Labute approximate surface area is 111 Å². The Balaban J connectivity index is 2.44. The SMILES string of the molecule is CN(CC(F)F)C(=O)N1CCCC(CCC(=O)O)C1. The molecule has 1 atom stereocenters. The largest absolute Gasteiger partial charge is 0.481 e.